The highest BCUT2D eigenvalue weighted by Gasteiger charge is 2.13. The summed E-state index contributed by atoms with van der Waals surface area (Å²) in [6, 6.07) is 13.3. The molecule has 0 saturated heterocycles. The predicted molar refractivity (Wildman–Crippen MR) is 82.8 cm³/mol. The molecule has 0 radical (unpaired) electrons. The highest BCUT2D eigenvalue weighted by atomic mass is 16.5. The van der Waals surface area contributed by atoms with Crippen LogP contribution in [0.3, 0.4) is 0 Å². The number of fused-ring (bicyclic) bond motifs is 1. The minimum Gasteiger partial charge on any atom is -0.493 e. The van der Waals surface area contributed by atoms with Crippen molar-refractivity contribution in [2.75, 3.05) is 18.5 Å². The fraction of sp³-hybridized carbons (Fsp3) is 0.235. The molecule has 0 aliphatic carbocycles. The van der Waals surface area contributed by atoms with Gasteiger partial charge < -0.3 is 15.8 Å². The van der Waals surface area contributed by atoms with Crippen molar-refractivity contribution in [1.82, 2.24) is 0 Å². The van der Waals surface area contributed by atoms with E-state index in [1.165, 1.54) is 0 Å². The standard InChI is InChI=1S/C17H18N2O2/c18-9-7-12-1-3-13(4-2-12)17(20)19-15-5-6-16-14(11-15)8-10-21-16/h1-6,11H,7-10,18H2,(H,19,20). The Bertz CT molecular complexity index is 650. The Balaban J connectivity index is 1.71. The van der Waals surface area contributed by atoms with Crippen LogP contribution in [0.15, 0.2) is 42.5 Å². The minimum atomic E-state index is -0.104. The number of carbonyl (C=O) groups excluding carboxylic acids is 1. The Morgan fingerprint density at radius 3 is 2.76 bits per heavy atom. The smallest absolute Gasteiger partial charge is 0.255 e. The highest BCUT2D eigenvalue weighted by Crippen LogP contribution is 2.28. The van der Waals surface area contributed by atoms with E-state index in [4.69, 9.17) is 10.5 Å². The van der Waals surface area contributed by atoms with Gasteiger partial charge in [-0.1, -0.05) is 12.1 Å². The topological polar surface area (TPSA) is 64.4 Å². The molecule has 1 aliphatic rings. The lowest BCUT2D eigenvalue weighted by Crippen LogP contribution is -2.12. The Labute approximate surface area is 123 Å². The number of nitrogens with one attached hydrogen (secondary N) is 1. The Kier molecular flexibility index (Phi) is 3.88. The van der Waals surface area contributed by atoms with Gasteiger partial charge in [0.2, 0.25) is 0 Å². The molecule has 3 rings (SSSR count). The van der Waals surface area contributed by atoms with E-state index in [2.05, 4.69) is 5.32 Å². The normalized spacial score (nSPS) is 12.6. The van der Waals surface area contributed by atoms with Gasteiger partial charge in [0.25, 0.3) is 5.91 Å². The third-order valence-electron chi connectivity index (χ3n) is 3.60. The van der Waals surface area contributed by atoms with Gasteiger partial charge in [0.1, 0.15) is 5.75 Å². The van der Waals surface area contributed by atoms with Crippen LogP contribution in [-0.4, -0.2) is 19.1 Å². The maximum Gasteiger partial charge on any atom is 0.255 e. The molecule has 1 aliphatic heterocycles. The molecule has 0 bridgehead atoms. The van der Waals surface area contributed by atoms with E-state index in [1.807, 2.05) is 42.5 Å². The SMILES string of the molecule is NCCc1ccc(C(=O)Nc2ccc3c(c2)CCO3)cc1. The molecule has 0 atom stereocenters. The average Bonchev–Trinajstić information content (AvgIpc) is 2.96. The number of ether oxygens (including phenoxy) is 1. The van der Waals surface area contributed by atoms with Gasteiger partial charge in [0.05, 0.1) is 6.61 Å². The number of hydrogen-bond donors (Lipinski definition) is 2. The fourth-order valence-corrected chi connectivity index (χ4v) is 2.46. The van der Waals surface area contributed by atoms with Gasteiger partial charge in [0.15, 0.2) is 0 Å². The number of hydrogen-bond acceptors (Lipinski definition) is 3. The summed E-state index contributed by atoms with van der Waals surface area (Å²) in [5, 5.41) is 2.92. The number of rotatable bonds is 4. The lowest BCUT2D eigenvalue weighted by molar-refractivity contribution is 0.102. The second-order valence-electron chi connectivity index (χ2n) is 5.11. The Morgan fingerprint density at radius 1 is 1.19 bits per heavy atom. The van der Waals surface area contributed by atoms with Crippen molar-refractivity contribution >= 4 is 11.6 Å². The van der Waals surface area contributed by atoms with Gasteiger partial charge in [-0.2, -0.15) is 0 Å². The van der Waals surface area contributed by atoms with Crippen molar-refractivity contribution < 1.29 is 9.53 Å². The first-order chi connectivity index (χ1) is 10.3. The van der Waals surface area contributed by atoms with Crippen LogP contribution in [0.25, 0.3) is 0 Å². The molecule has 2 aromatic carbocycles. The van der Waals surface area contributed by atoms with Gasteiger partial charge >= 0.3 is 0 Å². The molecule has 0 fully saturated rings. The summed E-state index contributed by atoms with van der Waals surface area (Å²) < 4.78 is 5.46. The maximum absolute atomic E-state index is 12.2. The lowest BCUT2D eigenvalue weighted by Gasteiger charge is -2.07. The molecule has 21 heavy (non-hydrogen) atoms. The summed E-state index contributed by atoms with van der Waals surface area (Å²) >= 11 is 0. The first kappa shape index (κ1) is 13.6. The van der Waals surface area contributed by atoms with E-state index in [0.717, 1.165) is 42.0 Å². The van der Waals surface area contributed by atoms with Crippen LogP contribution in [0.5, 0.6) is 5.75 Å². The molecule has 1 amide bonds. The zero-order chi connectivity index (χ0) is 14.7. The third kappa shape index (κ3) is 3.06. The molecule has 108 valence electrons. The molecule has 2 aromatic rings. The Hall–Kier alpha value is -2.33. The molecule has 4 heteroatoms. The number of nitrogens with two attached hydrogens (primary N) is 1. The first-order valence-corrected chi connectivity index (χ1v) is 7.12. The average molecular weight is 282 g/mol. The molecule has 1 heterocycles. The molecule has 0 aromatic heterocycles. The van der Waals surface area contributed by atoms with Crippen LogP contribution in [0.4, 0.5) is 5.69 Å². The third-order valence-corrected chi connectivity index (χ3v) is 3.60. The zero-order valence-electron chi connectivity index (χ0n) is 11.8. The summed E-state index contributed by atoms with van der Waals surface area (Å²) in [5.74, 6) is 0.812. The second kappa shape index (κ2) is 5.97. The van der Waals surface area contributed by atoms with Gasteiger partial charge in [-0.3, -0.25) is 4.79 Å². The second-order valence-corrected chi connectivity index (χ2v) is 5.11. The molecule has 4 nitrogen and oxygen atoms in total. The van der Waals surface area contributed by atoms with Gasteiger partial charge in [-0.25, -0.2) is 0 Å². The van der Waals surface area contributed by atoms with Crippen LogP contribution in [0.2, 0.25) is 0 Å². The fourth-order valence-electron chi connectivity index (χ4n) is 2.46. The van der Waals surface area contributed by atoms with Crippen LogP contribution >= 0.6 is 0 Å². The van der Waals surface area contributed by atoms with E-state index in [-0.39, 0.29) is 5.91 Å². The largest absolute Gasteiger partial charge is 0.493 e. The van der Waals surface area contributed by atoms with Crippen LogP contribution in [-0.2, 0) is 12.8 Å². The minimum absolute atomic E-state index is 0.104. The molecular formula is C17H18N2O2. The Morgan fingerprint density at radius 2 is 2.00 bits per heavy atom. The number of anilines is 1. The maximum atomic E-state index is 12.2. The summed E-state index contributed by atoms with van der Waals surface area (Å²) in [6.07, 6.45) is 1.72. The van der Waals surface area contributed by atoms with E-state index in [0.29, 0.717) is 12.1 Å². The van der Waals surface area contributed by atoms with E-state index in [1.54, 1.807) is 0 Å². The lowest BCUT2D eigenvalue weighted by atomic mass is 10.1. The van der Waals surface area contributed by atoms with Crippen molar-refractivity contribution in [3.63, 3.8) is 0 Å². The molecule has 0 unspecified atom stereocenters. The van der Waals surface area contributed by atoms with Crippen molar-refractivity contribution in [2.45, 2.75) is 12.8 Å². The molecule has 0 spiro atoms. The quantitative estimate of drug-likeness (QED) is 0.905. The van der Waals surface area contributed by atoms with Gasteiger partial charge in [-0.05, 0) is 54.4 Å². The van der Waals surface area contributed by atoms with Crippen molar-refractivity contribution in [2.24, 2.45) is 5.73 Å². The monoisotopic (exact) mass is 282 g/mol. The predicted octanol–water partition coefficient (Wildman–Crippen LogP) is 2.38. The summed E-state index contributed by atoms with van der Waals surface area (Å²) in [6.45, 7) is 1.33. The number of carbonyl (C=O) groups is 1. The van der Waals surface area contributed by atoms with E-state index in [9.17, 15) is 4.79 Å². The van der Waals surface area contributed by atoms with Gasteiger partial charge in [-0.15, -0.1) is 0 Å². The van der Waals surface area contributed by atoms with Crippen molar-refractivity contribution in [3.8, 4) is 5.75 Å². The first-order valence-electron chi connectivity index (χ1n) is 7.12. The summed E-state index contributed by atoms with van der Waals surface area (Å²) in [7, 11) is 0. The van der Waals surface area contributed by atoms with E-state index >= 15 is 0 Å². The highest BCUT2D eigenvalue weighted by molar-refractivity contribution is 6.04. The van der Waals surface area contributed by atoms with Crippen molar-refractivity contribution in [1.29, 1.82) is 0 Å². The van der Waals surface area contributed by atoms with Crippen LogP contribution in [0.1, 0.15) is 21.5 Å². The number of benzene rings is 2. The van der Waals surface area contributed by atoms with Gasteiger partial charge in [0, 0.05) is 17.7 Å². The van der Waals surface area contributed by atoms with E-state index < -0.39 is 0 Å². The number of amides is 1. The summed E-state index contributed by atoms with van der Waals surface area (Å²) in [5.41, 5.74) is 9.25. The zero-order valence-corrected chi connectivity index (χ0v) is 11.8. The van der Waals surface area contributed by atoms with Crippen LogP contribution in [0, 0.1) is 0 Å². The molecule has 3 N–H and O–H groups in total. The molecular weight excluding hydrogens is 264 g/mol. The van der Waals surface area contributed by atoms with Crippen molar-refractivity contribution in [3.05, 3.63) is 59.2 Å². The van der Waals surface area contributed by atoms with Crippen LogP contribution < -0.4 is 15.8 Å². The molecule has 0 saturated carbocycles. The summed E-state index contributed by atoms with van der Waals surface area (Å²) in [4.78, 5) is 12.2.